The third-order valence-electron chi connectivity index (χ3n) is 4.93. The van der Waals surface area contributed by atoms with Gasteiger partial charge in [-0.15, -0.1) is 10.2 Å². The Morgan fingerprint density at radius 1 is 1.37 bits per heavy atom. The first kappa shape index (κ1) is 17.3. The summed E-state index contributed by atoms with van der Waals surface area (Å²) < 4.78 is 14.3. The predicted molar refractivity (Wildman–Crippen MR) is 95.5 cm³/mol. The highest BCUT2D eigenvalue weighted by Crippen LogP contribution is 2.27. The molecular weight excluding hydrogens is 348 g/mol. The van der Waals surface area contributed by atoms with Gasteiger partial charge in [0.05, 0.1) is 7.11 Å². The Labute approximate surface area is 156 Å². The van der Waals surface area contributed by atoms with Gasteiger partial charge in [0.25, 0.3) is 11.9 Å². The van der Waals surface area contributed by atoms with Crippen LogP contribution in [0, 0.1) is 0 Å². The van der Waals surface area contributed by atoms with Crippen LogP contribution < -0.4 is 4.74 Å². The first-order valence-corrected chi connectivity index (χ1v) is 8.94. The number of likely N-dealkylation sites (tertiary alicyclic amines) is 1. The van der Waals surface area contributed by atoms with Gasteiger partial charge in [-0.2, -0.15) is 5.10 Å². The second-order valence-corrected chi connectivity index (χ2v) is 6.65. The Balaban J connectivity index is 1.48. The highest BCUT2D eigenvalue weighted by Gasteiger charge is 2.30. The third kappa shape index (κ3) is 3.44. The third-order valence-corrected chi connectivity index (χ3v) is 4.93. The molecule has 4 heterocycles. The number of aromatic nitrogens is 5. The highest BCUT2D eigenvalue weighted by molar-refractivity contribution is 5.91. The van der Waals surface area contributed by atoms with Gasteiger partial charge in [0.2, 0.25) is 0 Å². The summed E-state index contributed by atoms with van der Waals surface area (Å²) in [6.45, 7) is 1.87. The number of amides is 1. The quantitative estimate of drug-likeness (QED) is 0.679. The van der Waals surface area contributed by atoms with Crippen LogP contribution in [-0.2, 0) is 13.6 Å². The summed E-state index contributed by atoms with van der Waals surface area (Å²) >= 11 is 0. The second-order valence-electron chi connectivity index (χ2n) is 6.65. The van der Waals surface area contributed by atoms with E-state index in [2.05, 4.69) is 15.3 Å². The molecule has 1 saturated heterocycles. The van der Waals surface area contributed by atoms with Crippen molar-refractivity contribution in [2.24, 2.45) is 7.05 Å². The van der Waals surface area contributed by atoms with Gasteiger partial charge in [-0.05, 0) is 25.0 Å². The lowest BCUT2D eigenvalue weighted by molar-refractivity contribution is 0.0665. The van der Waals surface area contributed by atoms with E-state index >= 15 is 0 Å². The van der Waals surface area contributed by atoms with Gasteiger partial charge >= 0.3 is 0 Å². The zero-order valence-corrected chi connectivity index (χ0v) is 15.4. The van der Waals surface area contributed by atoms with E-state index < -0.39 is 0 Å². The van der Waals surface area contributed by atoms with Crippen molar-refractivity contribution in [3.05, 3.63) is 48.0 Å². The Kier molecular flexibility index (Phi) is 4.66. The van der Waals surface area contributed by atoms with Crippen molar-refractivity contribution >= 4 is 5.91 Å². The average molecular weight is 370 g/mol. The number of hydrogen-bond donors (Lipinski definition) is 0. The number of furan rings is 1. The minimum absolute atomic E-state index is 0.123. The van der Waals surface area contributed by atoms with Crippen LogP contribution in [0.2, 0.25) is 0 Å². The molecule has 0 bridgehead atoms. The Morgan fingerprint density at radius 2 is 2.26 bits per heavy atom. The maximum Gasteiger partial charge on any atom is 0.289 e. The first-order valence-electron chi connectivity index (χ1n) is 8.94. The molecule has 0 unspecified atom stereocenters. The molecule has 0 spiro atoms. The van der Waals surface area contributed by atoms with E-state index in [1.807, 2.05) is 33.5 Å². The maximum atomic E-state index is 12.7. The Hall–Kier alpha value is -3.10. The summed E-state index contributed by atoms with van der Waals surface area (Å²) in [5.74, 6) is 2.39. The molecule has 1 atom stereocenters. The summed E-state index contributed by atoms with van der Waals surface area (Å²) in [6, 6.07) is 5.18. The standard InChI is InChI=1S/C18H22N6O3/c1-22-15(12-24-10-4-8-19-24)20-21-17(22)13-5-3-9-23(11-13)18(25)14-6-7-16(26-2)27-14/h4,6-8,10,13H,3,5,9,11-12H2,1-2H3/t13-/m0/s1. The zero-order chi connectivity index (χ0) is 18.8. The van der Waals surface area contributed by atoms with Crippen molar-refractivity contribution in [3.8, 4) is 5.95 Å². The van der Waals surface area contributed by atoms with Gasteiger partial charge in [0.1, 0.15) is 12.4 Å². The molecule has 1 amide bonds. The summed E-state index contributed by atoms with van der Waals surface area (Å²) in [4.78, 5) is 14.5. The highest BCUT2D eigenvalue weighted by atomic mass is 16.6. The Morgan fingerprint density at radius 3 is 3.00 bits per heavy atom. The van der Waals surface area contributed by atoms with Crippen LogP contribution in [-0.4, -0.2) is 55.6 Å². The number of methoxy groups -OCH3 is 1. The number of carbonyl (C=O) groups is 1. The van der Waals surface area contributed by atoms with E-state index in [1.54, 1.807) is 18.3 Å². The van der Waals surface area contributed by atoms with E-state index in [1.165, 1.54) is 7.11 Å². The van der Waals surface area contributed by atoms with Crippen molar-refractivity contribution in [2.45, 2.75) is 25.3 Å². The lowest BCUT2D eigenvalue weighted by atomic mass is 9.97. The molecule has 9 nitrogen and oxygen atoms in total. The molecule has 9 heteroatoms. The van der Waals surface area contributed by atoms with E-state index in [-0.39, 0.29) is 11.8 Å². The molecule has 0 aromatic carbocycles. The number of hydrogen-bond acceptors (Lipinski definition) is 6. The van der Waals surface area contributed by atoms with Crippen LogP contribution in [0.1, 0.15) is 41.0 Å². The molecule has 0 radical (unpaired) electrons. The topological polar surface area (TPSA) is 91.2 Å². The number of ether oxygens (including phenoxy) is 1. The predicted octanol–water partition coefficient (Wildman–Crippen LogP) is 1.68. The first-order chi connectivity index (χ1) is 13.2. The molecule has 0 N–H and O–H groups in total. The molecule has 142 valence electrons. The fourth-order valence-corrected chi connectivity index (χ4v) is 3.48. The number of rotatable bonds is 5. The molecule has 1 aliphatic rings. The van der Waals surface area contributed by atoms with E-state index in [9.17, 15) is 4.79 Å². The van der Waals surface area contributed by atoms with Gasteiger partial charge in [0.15, 0.2) is 11.6 Å². The fourth-order valence-electron chi connectivity index (χ4n) is 3.48. The molecule has 1 aliphatic heterocycles. The minimum Gasteiger partial charge on any atom is -0.468 e. The van der Waals surface area contributed by atoms with E-state index in [0.29, 0.717) is 31.3 Å². The largest absolute Gasteiger partial charge is 0.468 e. The van der Waals surface area contributed by atoms with Gasteiger partial charge in [0, 0.05) is 44.5 Å². The molecule has 3 aromatic heterocycles. The smallest absolute Gasteiger partial charge is 0.289 e. The second kappa shape index (κ2) is 7.26. The number of nitrogens with zero attached hydrogens (tertiary/aromatic N) is 6. The van der Waals surface area contributed by atoms with Crippen LogP contribution in [0.3, 0.4) is 0 Å². The van der Waals surface area contributed by atoms with Gasteiger partial charge in [-0.25, -0.2) is 0 Å². The molecule has 1 fully saturated rings. The van der Waals surface area contributed by atoms with Crippen molar-refractivity contribution in [2.75, 3.05) is 20.2 Å². The van der Waals surface area contributed by atoms with Crippen molar-refractivity contribution < 1.29 is 13.9 Å². The molecule has 0 aliphatic carbocycles. The van der Waals surface area contributed by atoms with Crippen LogP contribution in [0.15, 0.2) is 35.0 Å². The number of carbonyl (C=O) groups excluding carboxylic acids is 1. The van der Waals surface area contributed by atoms with Gasteiger partial charge in [-0.3, -0.25) is 9.48 Å². The van der Waals surface area contributed by atoms with Crippen molar-refractivity contribution in [1.82, 2.24) is 29.4 Å². The zero-order valence-electron chi connectivity index (χ0n) is 15.4. The van der Waals surface area contributed by atoms with Crippen LogP contribution in [0.4, 0.5) is 0 Å². The maximum absolute atomic E-state index is 12.7. The minimum atomic E-state index is -0.123. The summed E-state index contributed by atoms with van der Waals surface area (Å²) in [5, 5.41) is 12.9. The van der Waals surface area contributed by atoms with Gasteiger partial charge < -0.3 is 18.6 Å². The molecule has 0 saturated carbocycles. The lowest BCUT2D eigenvalue weighted by Gasteiger charge is -2.31. The average Bonchev–Trinajstić information content (AvgIpc) is 3.44. The lowest BCUT2D eigenvalue weighted by Crippen LogP contribution is -2.39. The SMILES string of the molecule is COc1ccc(C(=O)N2CCC[C@H](c3nnc(Cn4cccn4)n3C)C2)o1. The number of piperidine rings is 1. The fraction of sp³-hybridized carbons (Fsp3) is 0.444. The Bertz CT molecular complexity index is 914. The van der Waals surface area contributed by atoms with Crippen LogP contribution >= 0.6 is 0 Å². The van der Waals surface area contributed by atoms with Crippen LogP contribution in [0.5, 0.6) is 5.95 Å². The van der Waals surface area contributed by atoms with Crippen LogP contribution in [0.25, 0.3) is 0 Å². The normalized spacial score (nSPS) is 17.3. The van der Waals surface area contributed by atoms with E-state index in [4.69, 9.17) is 9.15 Å². The molecule has 3 aromatic rings. The van der Waals surface area contributed by atoms with Crippen molar-refractivity contribution in [1.29, 1.82) is 0 Å². The van der Waals surface area contributed by atoms with E-state index in [0.717, 1.165) is 24.5 Å². The molecule has 4 rings (SSSR count). The summed E-state index contributed by atoms with van der Waals surface area (Å²) in [6.07, 6.45) is 5.52. The summed E-state index contributed by atoms with van der Waals surface area (Å²) in [7, 11) is 3.48. The van der Waals surface area contributed by atoms with Gasteiger partial charge in [-0.1, -0.05) is 0 Å². The summed E-state index contributed by atoms with van der Waals surface area (Å²) in [5.41, 5.74) is 0. The molecule has 27 heavy (non-hydrogen) atoms. The van der Waals surface area contributed by atoms with Crippen molar-refractivity contribution in [3.63, 3.8) is 0 Å². The molecular formula is C18H22N6O3. The monoisotopic (exact) mass is 370 g/mol.